The van der Waals surface area contributed by atoms with Gasteiger partial charge in [-0.3, -0.25) is 4.98 Å². The molecular weight excluding hydrogens is 214 g/mol. The Morgan fingerprint density at radius 1 is 1.24 bits per heavy atom. The Kier molecular flexibility index (Phi) is 3.45. The maximum atomic E-state index is 9.60. The zero-order chi connectivity index (χ0) is 12.1. The number of benzene rings is 1. The molecule has 1 heterocycles. The normalized spacial score (nSPS) is 10.1. The maximum Gasteiger partial charge on any atom is 0.118 e. The average molecular weight is 229 g/mol. The molecule has 0 atom stereocenters. The molecule has 0 aliphatic heterocycles. The average Bonchev–Trinajstić information content (AvgIpc) is 2.34. The van der Waals surface area contributed by atoms with Crippen molar-refractivity contribution in [1.29, 1.82) is 0 Å². The lowest BCUT2D eigenvalue weighted by Crippen LogP contribution is -2.07. The first-order chi connectivity index (χ1) is 8.27. The molecule has 1 aromatic carbocycles. The van der Waals surface area contributed by atoms with Crippen LogP contribution in [0.2, 0.25) is 0 Å². The van der Waals surface area contributed by atoms with Crippen LogP contribution in [0.5, 0.6) is 5.75 Å². The van der Waals surface area contributed by atoms with Crippen molar-refractivity contribution in [3.8, 4) is 5.75 Å². The van der Waals surface area contributed by atoms with E-state index in [1.165, 1.54) is 0 Å². The largest absolute Gasteiger partial charge is 0.508 e. The van der Waals surface area contributed by atoms with E-state index in [0.29, 0.717) is 18.0 Å². The number of nitrogen functional groups attached to an aromatic ring is 1. The van der Waals surface area contributed by atoms with Gasteiger partial charge in [-0.1, -0.05) is 18.2 Å². The van der Waals surface area contributed by atoms with E-state index in [1.807, 2.05) is 24.3 Å². The second kappa shape index (κ2) is 5.21. The minimum atomic E-state index is 0.331. The number of phenolic OH excluding ortho intramolecular Hbond substituents is 1. The minimum Gasteiger partial charge on any atom is -0.508 e. The van der Waals surface area contributed by atoms with E-state index >= 15 is 0 Å². The fourth-order valence-corrected chi connectivity index (χ4v) is 1.62. The second-order valence-corrected chi connectivity index (χ2v) is 3.77. The van der Waals surface area contributed by atoms with E-state index < -0.39 is 0 Å². The predicted octanol–water partition coefficient (Wildman–Crippen LogP) is 2.02. The lowest BCUT2D eigenvalue weighted by atomic mass is 10.1. The number of hydrogen-bond donors (Lipinski definition) is 3. The SMILES string of the molecule is Nc1cnccc1NCCc1ccccc1O. The first kappa shape index (κ1) is 11.3. The second-order valence-electron chi connectivity index (χ2n) is 3.77. The first-order valence-corrected chi connectivity index (χ1v) is 5.47. The zero-order valence-electron chi connectivity index (χ0n) is 9.43. The number of phenols is 1. The molecule has 0 saturated heterocycles. The smallest absolute Gasteiger partial charge is 0.118 e. The van der Waals surface area contributed by atoms with E-state index in [2.05, 4.69) is 10.3 Å². The van der Waals surface area contributed by atoms with Gasteiger partial charge in [0, 0.05) is 12.7 Å². The molecule has 17 heavy (non-hydrogen) atoms. The Bertz CT molecular complexity index is 454. The Morgan fingerprint density at radius 3 is 2.82 bits per heavy atom. The van der Waals surface area contributed by atoms with E-state index in [0.717, 1.165) is 17.7 Å². The van der Waals surface area contributed by atoms with Crippen LogP contribution in [0.25, 0.3) is 0 Å². The van der Waals surface area contributed by atoms with Crippen molar-refractivity contribution in [3.05, 3.63) is 48.3 Å². The third-order valence-corrected chi connectivity index (χ3v) is 2.55. The van der Waals surface area contributed by atoms with Crippen LogP contribution < -0.4 is 11.1 Å². The van der Waals surface area contributed by atoms with E-state index in [9.17, 15) is 5.11 Å². The molecule has 4 nitrogen and oxygen atoms in total. The molecular formula is C13H15N3O. The molecule has 2 aromatic rings. The Balaban J connectivity index is 1.93. The zero-order valence-corrected chi connectivity index (χ0v) is 9.43. The van der Waals surface area contributed by atoms with Crippen molar-refractivity contribution in [2.75, 3.05) is 17.6 Å². The summed E-state index contributed by atoms with van der Waals surface area (Å²) >= 11 is 0. The number of para-hydroxylation sites is 1. The van der Waals surface area contributed by atoms with Crippen LogP contribution in [0, 0.1) is 0 Å². The van der Waals surface area contributed by atoms with Gasteiger partial charge in [-0.2, -0.15) is 0 Å². The summed E-state index contributed by atoms with van der Waals surface area (Å²) in [5, 5.41) is 12.8. The van der Waals surface area contributed by atoms with Crippen LogP contribution in [0.1, 0.15) is 5.56 Å². The number of nitrogens with one attached hydrogen (secondary N) is 1. The number of nitrogens with two attached hydrogens (primary N) is 1. The maximum absolute atomic E-state index is 9.60. The highest BCUT2D eigenvalue weighted by Gasteiger charge is 2.00. The number of pyridine rings is 1. The molecule has 0 fully saturated rings. The van der Waals surface area contributed by atoms with Crippen LogP contribution in [-0.2, 0) is 6.42 Å². The fraction of sp³-hybridized carbons (Fsp3) is 0.154. The van der Waals surface area contributed by atoms with E-state index in [4.69, 9.17) is 5.73 Å². The molecule has 4 heteroatoms. The highest BCUT2D eigenvalue weighted by molar-refractivity contribution is 5.64. The van der Waals surface area contributed by atoms with Crippen molar-refractivity contribution in [3.63, 3.8) is 0 Å². The van der Waals surface area contributed by atoms with Crippen LogP contribution >= 0.6 is 0 Å². The van der Waals surface area contributed by atoms with Gasteiger partial charge >= 0.3 is 0 Å². The van der Waals surface area contributed by atoms with Crippen molar-refractivity contribution in [2.24, 2.45) is 0 Å². The topological polar surface area (TPSA) is 71.2 Å². The third kappa shape index (κ3) is 2.87. The third-order valence-electron chi connectivity index (χ3n) is 2.55. The lowest BCUT2D eigenvalue weighted by Gasteiger charge is -2.09. The van der Waals surface area contributed by atoms with E-state index in [-0.39, 0.29) is 0 Å². The van der Waals surface area contributed by atoms with Gasteiger partial charge in [-0.15, -0.1) is 0 Å². The molecule has 0 aliphatic rings. The van der Waals surface area contributed by atoms with Crippen LogP contribution in [0.15, 0.2) is 42.7 Å². The van der Waals surface area contributed by atoms with Crippen molar-refractivity contribution >= 4 is 11.4 Å². The number of anilines is 2. The summed E-state index contributed by atoms with van der Waals surface area (Å²) < 4.78 is 0. The number of rotatable bonds is 4. The van der Waals surface area contributed by atoms with Crippen LogP contribution in [0.3, 0.4) is 0 Å². The molecule has 0 aliphatic carbocycles. The molecule has 88 valence electrons. The summed E-state index contributed by atoms with van der Waals surface area (Å²) in [6.07, 6.45) is 4.05. The summed E-state index contributed by atoms with van der Waals surface area (Å²) in [7, 11) is 0. The summed E-state index contributed by atoms with van der Waals surface area (Å²) in [5.74, 6) is 0.331. The molecule has 1 aromatic heterocycles. The Hall–Kier alpha value is -2.23. The lowest BCUT2D eigenvalue weighted by molar-refractivity contribution is 0.468. The summed E-state index contributed by atoms with van der Waals surface area (Å²) in [6, 6.07) is 9.16. The van der Waals surface area contributed by atoms with Gasteiger partial charge in [0.2, 0.25) is 0 Å². The van der Waals surface area contributed by atoms with Gasteiger partial charge in [-0.05, 0) is 24.1 Å². The summed E-state index contributed by atoms with van der Waals surface area (Å²) in [4.78, 5) is 3.92. The summed E-state index contributed by atoms with van der Waals surface area (Å²) in [6.45, 7) is 0.714. The van der Waals surface area contributed by atoms with Gasteiger partial charge in [0.25, 0.3) is 0 Å². The van der Waals surface area contributed by atoms with Crippen molar-refractivity contribution in [2.45, 2.75) is 6.42 Å². The molecule has 0 radical (unpaired) electrons. The monoisotopic (exact) mass is 229 g/mol. The standard InChI is InChI=1S/C13H15N3O/c14-11-9-15-7-6-12(11)16-8-5-10-3-1-2-4-13(10)17/h1-4,6-7,9,17H,5,8,14H2,(H,15,16). The van der Waals surface area contributed by atoms with Crippen LogP contribution in [-0.4, -0.2) is 16.6 Å². The van der Waals surface area contributed by atoms with Gasteiger partial charge in [0.15, 0.2) is 0 Å². The van der Waals surface area contributed by atoms with Gasteiger partial charge in [0.05, 0.1) is 17.6 Å². The highest BCUT2D eigenvalue weighted by atomic mass is 16.3. The molecule has 4 N–H and O–H groups in total. The quantitative estimate of drug-likeness (QED) is 0.750. The number of hydrogen-bond acceptors (Lipinski definition) is 4. The molecule has 0 unspecified atom stereocenters. The fourth-order valence-electron chi connectivity index (χ4n) is 1.62. The Morgan fingerprint density at radius 2 is 2.06 bits per heavy atom. The molecule has 2 rings (SSSR count). The van der Waals surface area contributed by atoms with Crippen LogP contribution in [0.4, 0.5) is 11.4 Å². The molecule has 0 bridgehead atoms. The predicted molar refractivity (Wildman–Crippen MR) is 68.9 cm³/mol. The molecule has 0 spiro atoms. The minimum absolute atomic E-state index is 0.331. The first-order valence-electron chi connectivity index (χ1n) is 5.47. The van der Waals surface area contributed by atoms with Crippen molar-refractivity contribution in [1.82, 2.24) is 4.98 Å². The Labute approximate surface area is 100 Å². The molecule has 0 amide bonds. The van der Waals surface area contributed by atoms with E-state index in [1.54, 1.807) is 18.5 Å². The van der Waals surface area contributed by atoms with Crippen molar-refractivity contribution < 1.29 is 5.11 Å². The number of aromatic hydroxyl groups is 1. The highest BCUT2D eigenvalue weighted by Crippen LogP contribution is 2.18. The summed E-state index contributed by atoms with van der Waals surface area (Å²) in [5.41, 5.74) is 8.18. The van der Waals surface area contributed by atoms with Gasteiger partial charge < -0.3 is 16.2 Å². The number of aromatic nitrogens is 1. The van der Waals surface area contributed by atoms with Gasteiger partial charge in [-0.25, -0.2) is 0 Å². The van der Waals surface area contributed by atoms with Gasteiger partial charge in [0.1, 0.15) is 5.75 Å². The number of nitrogens with zero attached hydrogens (tertiary/aromatic N) is 1. The molecule has 0 saturated carbocycles.